The minimum absolute atomic E-state index is 0.119. The molecule has 5 nitrogen and oxygen atoms in total. The first-order valence-electron chi connectivity index (χ1n) is 4.07. The first-order chi connectivity index (χ1) is 6.24. The van der Waals surface area contributed by atoms with Crippen molar-refractivity contribution in [1.82, 2.24) is 5.16 Å². The van der Waals surface area contributed by atoms with E-state index in [1.165, 1.54) is 7.11 Å². The summed E-state index contributed by atoms with van der Waals surface area (Å²) in [6, 6.07) is 0. The van der Waals surface area contributed by atoms with E-state index in [1.807, 2.05) is 0 Å². The van der Waals surface area contributed by atoms with E-state index in [1.54, 1.807) is 0 Å². The Balaban J connectivity index is 2.39. The predicted octanol–water partition coefficient (Wildman–Crippen LogP) is 0.921. The van der Waals surface area contributed by atoms with Gasteiger partial charge in [0.2, 0.25) is 0 Å². The van der Waals surface area contributed by atoms with Crippen LogP contribution in [0.2, 0.25) is 0 Å². The van der Waals surface area contributed by atoms with Crippen molar-refractivity contribution in [3.63, 3.8) is 0 Å². The molecule has 0 aromatic carbocycles. The summed E-state index contributed by atoms with van der Waals surface area (Å²) in [5, 5.41) is 3.55. The quantitative estimate of drug-likeness (QED) is 0.688. The minimum Gasteiger partial charge on any atom is -0.465 e. The third-order valence-electron chi connectivity index (χ3n) is 2.08. The number of aromatic nitrogens is 1. The average Bonchev–Trinajstić information content (AvgIpc) is 2.89. The number of rotatable bonds is 2. The molecular weight excluding hydrogens is 172 g/mol. The Morgan fingerprint density at radius 1 is 1.69 bits per heavy atom. The second-order valence-electron chi connectivity index (χ2n) is 3.07. The number of carbonyl (C=O) groups excluding carboxylic acids is 1. The molecule has 1 aromatic heterocycles. The van der Waals surface area contributed by atoms with E-state index in [0.29, 0.717) is 17.2 Å². The summed E-state index contributed by atoms with van der Waals surface area (Å²) in [5.41, 5.74) is 5.77. The smallest absolute Gasteiger partial charge is 0.345 e. The Labute approximate surface area is 74.8 Å². The van der Waals surface area contributed by atoms with E-state index >= 15 is 0 Å². The van der Waals surface area contributed by atoms with Crippen LogP contribution in [0.1, 0.15) is 34.9 Å². The van der Waals surface area contributed by atoms with Gasteiger partial charge in [0.25, 0.3) is 0 Å². The lowest BCUT2D eigenvalue weighted by Gasteiger charge is -1.97. The van der Waals surface area contributed by atoms with Crippen LogP contribution < -0.4 is 5.73 Å². The van der Waals surface area contributed by atoms with Gasteiger partial charge in [-0.25, -0.2) is 4.79 Å². The number of carbonyl (C=O) groups is 1. The molecule has 1 heterocycles. The van der Waals surface area contributed by atoms with Gasteiger partial charge in [0.15, 0.2) is 11.6 Å². The van der Waals surface area contributed by atoms with Crippen LogP contribution in [0.25, 0.3) is 0 Å². The molecule has 0 amide bonds. The van der Waals surface area contributed by atoms with Crippen LogP contribution in [0.3, 0.4) is 0 Å². The maximum Gasteiger partial charge on any atom is 0.345 e. The molecule has 0 spiro atoms. The predicted molar refractivity (Wildman–Crippen MR) is 44.2 cm³/mol. The summed E-state index contributed by atoms with van der Waals surface area (Å²) < 4.78 is 9.54. The van der Waals surface area contributed by atoms with Crippen molar-refractivity contribution < 1.29 is 14.1 Å². The van der Waals surface area contributed by atoms with E-state index in [9.17, 15) is 4.79 Å². The highest BCUT2D eigenvalue weighted by molar-refractivity contribution is 5.95. The summed E-state index contributed by atoms with van der Waals surface area (Å²) in [6.45, 7) is 0. The van der Waals surface area contributed by atoms with Gasteiger partial charge in [-0.2, -0.15) is 0 Å². The van der Waals surface area contributed by atoms with E-state index in [2.05, 4.69) is 9.89 Å². The molecule has 1 aliphatic rings. The van der Waals surface area contributed by atoms with E-state index in [-0.39, 0.29) is 5.82 Å². The zero-order chi connectivity index (χ0) is 9.42. The summed E-state index contributed by atoms with van der Waals surface area (Å²) in [6.07, 6.45) is 2.05. The van der Waals surface area contributed by atoms with E-state index < -0.39 is 5.97 Å². The standard InChI is InChI=1S/C8H10N2O3/c1-12-8(11)5-6(4-2-3-4)13-10-7(5)9/h4H,2-3H2,1H3,(H2,9,10). The van der Waals surface area contributed by atoms with Crippen molar-refractivity contribution in [2.75, 3.05) is 12.8 Å². The van der Waals surface area contributed by atoms with Gasteiger partial charge in [0, 0.05) is 5.92 Å². The molecule has 0 saturated heterocycles. The van der Waals surface area contributed by atoms with E-state index in [0.717, 1.165) is 12.8 Å². The van der Waals surface area contributed by atoms with Crippen molar-refractivity contribution >= 4 is 11.8 Å². The van der Waals surface area contributed by atoms with Gasteiger partial charge in [0.1, 0.15) is 5.56 Å². The fraction of sp³-hybridized carbons (Fsp3) is 0.500. The van der Waals surface area contributed by atoms with Gasteiger partial charge >= 0.3 is 5.97 Å². The molecule has 2 rings (SSSR count). The van der Waals surface area contributed by atoms with Crippen LogP contribution in [-0.2, 0) is 4.74 Å². The average molecular weight is 182 g/mol. The Kier molecular flexibility index (Phi) is 1.72. The molecule has 0 unspecified atom stereocenters. The van der Waals surface area contributed by atoms with Gasteiger partial charge in [-0.15, -0.1) is 0 Å². The number of esters is 1. The van der Waals surface area contributed by atoms with Crippen molar-refractivity contribution in [3.8, 4) is 0 Å². The van der Waals surface area contributed by atoms with Gasteiger partial charge in [-0.3, -0.25) is 0 Å². The van der Waals surface area contributed by atoms with Crippen LogP contribution in [-0.4, -0.2) is 18.2 Å². The second-order valence-corrected chi connectivity index (χ2v) is 3.07. The third-order valence-corrected chi connectivity index (χ3v) is 2.08. The first kappa shape index (κ1) is 8.10. The minimum atomic E-state index is -0.472. The summed E-state index contributed by atoms with van der Waals surface area (Å²) in [5.74, 6) is 0.526. The molecule has 5 heteroatoms. The lowest BCUT2D eigenvalue weighted by atomic mass is 10.2. The highest BCUT2D eigenvalue weighted by atomic mass is 16.5. The number of methoxy groups -OCH3 is 1. The van der Waals surface area contributed by atoms with Gasteiger partial charge in [-0.05, 0) is 12.8 Å². The lowest BCUT2D eigenvalue weighted by molar-refractivity contribution is 0.0599. The summed E-state index contributed by atoms with van der Waals surface area (Å²) in [4.78, 5) is 11.2. The number of hydrogen-bond acceptors (Lipinski definition) is 5. The second kappa shape index (κ2) is 2.76. The third kappa shape index (κ3) is 1.26. The molecule has 0 radical (unpaired) electrons. The fourth-order valence-electron chi connectivity index (χ4n) is 1.25. The van der Waals surface area contributed by atoms with Crippen LogP contribution >= 0.6 is 0 Å². The molecule has 1 fully saturated rings. The molecule has 0 aliphatic heterocycles. The number of nitrogen functional groups attached to an aromatic ring is 1. The van der Waals surface area contributed by atoms with Crippen LogP contribution in [0.15, 0.2) is 4.52 Å². The first-order valence-corrected chi connectivity index (χ1v) is 4.07. The number of ether oxygens (including phenoxy) is 1. The number of nitrogens with two attached hydrogens (primary N) is 1. The molecule has 1 saturated carbocycles. The lowest BCUT2D eigenvalue weighted by Crippen LogP contribution is -2.06. The Morgan fingerprint density at radius 2 is 2.38 bits per heavy atom. The normalized spacial score (nSPS) is 15.8. The summed E-state index contributed by atoms with van der Waals surface area (Å²) in [7, 11) is 1.31. The Hall–Kier alpha value is -1.52. The van der Waals surface area contributed by atoms with Crippen molar-refractivity contribution in [3.05, 3.63) is 11.3 Å². The number of anilines is 1. The highest BCUT2D eigenvalue weighted by Gasteiger charge is 2.34. The van der Waals surface area contributed by atoms with Crippen LogP contribution in [0.5, 0.6) is 0 Å². The molecule has 0 atom stereocenters. The Bertz CT molecular complexity index is 341. The molecule has 2 N–H and O–H groups in total. The number of nitrogens with zero attached hydrogens (tertiary/aromatic N) is 1. The van der Waals surface area contributed by atoms with Crippen LogP contribution in [0.4, 0.5) is 5.82 Å². The molecule has 1 aromatic rings. The highest BCUT2D eigenvalue weighted by Crippen LogP contribution is 2.42. The van der Waals surface area contributed by atoms with E-state index in [4.69, 9.17) is 10.3 Å². The zero-order valence-corrected chi connectivity index (χ0v) is 7.24. The van der Waals surface area contributed by atoms with Crippen molar-refractivity contribution in [2.24, 2.45) is 0 Å². The Morgan fingerprint density at radius 3 is 2.92 bits per heavy atom. The molecule has 1 aliphatic carbocycles. The maximum atomic E-state index is 11.2. The molecule has 0 bridgehead atoms. The van der Waals surface area contributed by atoms with Gasteiger partial charge in [0.05, 0.1) is 7.11 Å². The SMILES string of the molecule is COC(=O)c1c(N)noc1C1CC1. The monoisotopic (exact) mass is 182 g/mol. The topological polar surface area (TPSA) is 78.4 Å². The van der Waals surface area contributed by atoms with Crippen LogP contribution in [0, 0.1) is 0 Å². The molecular formula is C8H10N2O3. The van der Waals surface area contributed by atoms with Gasteiger partial charge in [-0.1, -0.05) is 5.16 Å². The van der Waals surface area contributed by atoms with Gasteiger partial charge < -0.3 is 15.0 Å². The zero-order valence-electron chi connectivity index (χ0n) is 7.24. The van der Waals surface area contributed by atoms with Crippen molar-refractivity contribution in [2.45, 2.75) is 18.8 Å². The largest absolute Gasteiger partial charge is 0.465 e. The summed E-state index contributed by atoms with van der Waals surface area (Å²) >= 11 is 0. The molecule has 13 heavy (non-hydrogen) atoms. The molecule has 70 valence electrons. The maximum absolute atomic E-state index is 11.2. The van der Waals surface area contributed by atoms with Crippen molar-refractivity contribution in [1.29, 1.82) is 0 Å². The fourth-order valence-corrected chi connectivity index (χ4v) is 1.25. The number of hydrogen-bond donors (Lipinski definition) is 1.